The van der Waals surface area contributed by atoms with Crippen LogP contribution in [0.15, 0.2) is 30.5 Å². The lowest BCUT2D eigenvalue weighted by atomic mass is 10.1. The minimum atomic E-state index is -0.914. The SMILES string of the molecule is O=C(O)C[C@H]1CN(C(=O)c2ccc3[nH]ccc3c2)CCO1. The van der Waals surface area contributed by atoms with Crippen LogP contribution in [0, 0.1) is 0 Å². The van der Waals surface area contributed by atoms with Crippen molar-refractivity contribution in [3.8, 4) is 0 Å². The van der Waals surface area contributed by atoms with Crippen LogP contribution in [0.25, 0.3) is 10.9 Å². The molecule has 21 heavy (non-hydrogen) atoms. The van der Waals surface area contributed by atoms with Crippen molar-refractivity contribution in [2.24, 2.45) is 0 Å². The average molecular weight is 288 g/mol. The quantitative estimate of drug-likeness (QED) is 0.896. The number of benzene rings is 1. The molecule has 1 aromatic carbocycles. The molecular weight excluding hydrogens is 272 g/mol. The van der Waals surface area contributed by atoms with Gasteiger partial charge in [0.15, 0.2) is 0 Å². The molecule has 2 heterocycles. The summed E-state index contributed by atoms with van der Waals surface area (Å²) in [6, 6.07) is 7.41. The predicted molar refractivity (Wildman–Crippen MR) is 76.2 cm³/mol. The third-order valence-corrected chi connectivity index (χ3v) is 3.63. The lowest BCUT2D eigenvalue weighted by Gasteiger charge is -2.32. The van der Waals surface area contributed by atoms with Crippen LogP contribution in [0.5, 0.6) is 0 Å². The van der Waals surface area contributed by atoms with E-state index in [-0.39, 0.29) is 12.3 Å². The normalized spacial score (nSPS) is 18.9. The molecule has 1 aliphatic heterocycles. The number of hydrogen-bond donors (Lipinski definition) is 2. The van der Waals surface area contributed by atoms with E-state index < -0.39 is 12.1 Å². The van der Waals surface area contributed by atoms with Crippen molar-refractivity contribution in [2.45, 2.75) is 12.5 Å². The zero-order valence-corrected chi connectivity index (χ0v) is 11.4. The van der Waals surface area contributed by atoms with Gasteiger partial charge >= 0.3 is 5.97 Å². The number of aromatic nitrogens is 1. The lowest BCUT2D eigenvalue weighted by Crippen LogP contribution is -2.46. The van der Waals surface area contributed by atoms with Crippen molar-refractivity contribution in [1.29, 1.82) is 0 Å². The van der Waals surface area contributed by atoms with E-state index in [9.17, 15) is 9.59 Å². The summed E-state index contributed by atoms with van der Waals surface area (Å²) in [5, 5.41) is 9.80. The monoisotopic (exact) mass is 288 g/mol. The molecule has 1 aromatic heterocycles. The number of aliphatic carboxylic acids is 1. The molecule has 1 amide bonds. The van der Waals surface area contributed by atoms with E-state index in [0.29, 0.717) is 25.3 Å². The van der Waals surface area contributed by atoms with Gasteiger partial charge in [-0.25, -0.2) is 0 Å². The van der Waals surface area contributed by atoms with Gasteiger partial charge in [0, 0.05) is 35.8 Å². The van der Waals surface area contributed by atoms with Crippen molar-refractivity contribution in [3.63, 3.8) is 0 Å². The summed E-state index contributed by atoms with van der Waals surface area (Å²) in [6.07, 6.45) is 1.31. The third-order valence-electron chi connectivity index (χ3n) is 3.63. The Kier molecular flexibility index (Phi) is 3.62. The van der Waals surface area contributed by atoms with Gasteiger partial charge in [-0.1, -0.05) is 0 Å². The number of carboxylic acid groups (broad SMARTS) is 1. The number of amides is 1. The first-order valence-electron chi connectivity index (χ1n) is 6.83. The van der Waals surface area contributed by atoms with Crippen LogP contribution in [-0.2, 0) is 9.53 Å². The smallest absolute Gasteiger partial charge is 0.306 e. The minimum Gasteiger partial charge on any atom is -0.481 e. The van der Waals surface area contributed by atoms with Gasteiger partial charge in [0.2, 0.25) is 0 Å². The number of fused-ring (bicyclic) bond motifs is 1. The highest BCUT2D eigenvalue weighted by atomic mass is 16.5. The number of nitrogens with zero attached hydrogens (tertiary/aromatic N) is 1. The van der Waals surface area contributed by atoms with Gasteiger partial charge in [-0.05, 0) is 24.3 Å². The summed E-state index contributed by atoms with van der Waals surface area (Å²) in [5.74, 6) is -1.00. The molecule has 0 spiro atoms. The van der Waals surface area contributed by atoms with Crippen LogP contribution in [-0.4, -0.2) is 52.7 Å². The Morgan fingerprint density at radius 3 is 3.05 bits per heavy atom. The highest BCUT2D eigenvalue weighted by Gasteiger charge is 2.26. The molecular formula is C15H16N2O4. The molecule has 0 saturated carbocycles. The maximum atomic E-state index is 12.5. The first-order valence-corrected chi connectivity index (χ1v) is 6.83. The summed E-state index contributed by atoms with van der Waals surface area (Å²) in [6.45, 7) is 1.17. The first-order chi connectivity index (χ1) is 10.1. The van der Waals surface area contributed by atoms with Gasteiger partial charge in [-0.3, -0.25) is 9.59 Å². The maximum absolute atomic E-state index is 12.5. The van der Waals surface area contributed by atoms with Crippen molar-refractivity contribution in [2.75, 3.05) is 19.7 Å². The first kappa shape index (κ1) is 13.6. The number of aromatic amines is 1. The van der Waals surface area contributed by atoms with Gasteiger partial charge in [0.05, 0.1) is 19.1 Å². The molecule has 6 nitrogen and oxygen atoms in total. The molecule has 0 aliphatic carbocycles. The molecule has 2 N–H and O–H groups in total. The second-order valence-electron chi connectivity index (χ2n) is 5.12. The van der Waals surface area contributed by atoms with E-state index in [1.54, 1.807) is 11.0 Å². The predicted octanol–water partition coefficient (Wildman–Crippen LogP) is 1.48. The second kappa shape index (κ2) is 5.57. The summed E-state index contributed by atoms with van der Waals surface area (Å²) in [4.78, 5) is 28.0. The van der Waals surface area contributed by atoms with E-state index in [1.165, 1.54) is 0 Å². The van der Waals surface area contributed by atoms with E-state index in [1.807, 2.05) is 24.4 Å². The molecule has 1 atom stereocenters. The van der Waals surface area contributed by atoms with Gasteiger partial charge in [0.25, 0.3) is 5.91 Å². The van der Waals surface area contributed by atoms with Crippen molar-refractivity contribution < 1.29 is 19.4 Å². The summed E-state index contributed by atoms with van der Waals surface area (Å²) in [5.41, 5.74) is 1.59. The molecule has 0 radical (unpaired) electrons. The number of carbonyl (C=O) groups is 2. The highest BCUT2D eigenvalue weighted by Crippen LogP contribution is 2.17. The molecule has 1 saturated heterocycles. The standard InChI is InChI=1S/C15H16N2O4/c18-14(19)8-12-9-17(5-6-21-12)15(20)11-1-2-13-10(7-11)3-4-16-13/h1-4,7,12,16H,5-6,8-9H2,(H,18,19)/t12-/m0/s1. The fraction of sp³-hybridized carbons (Fsp3) is 0.333. The number of carbonyl (C=O) groups excluding carboxylic acids is 1. The van der Waals surface area contributed by atoms with Crippen LogP contribution >= 0.6 is 0 Å². The van der Waals surface area contributed by atoms with Crippen LogP contribution in [0.2, 0.25) is 0 Å². The van der Waals surface area contributed by atoms with E-state index in [2.05, 4.69) is 4.98 Å². The molecule has 2 aromatic rings. The van der Waals surface area contributed by atoms with Gasteiger partial charge < -0.3 is 19.7 Å². The Morgan fingerprint density at radius 1 is 1.38 bits per heavy atom. The topological polar surface area (TPSA) is 82.6 Å². The molecule has 6 heteroatoms. The zero-order chi connectivity index (χ0) is 14.8. The average Bonchev–Trinajstić information content (AvgIpc) is 2.93. The molecule has 110 valence electrons. The fourth-order valence-corrected chi connectivity index (χ4v) is 2.59. The summed E-state index contributed by atoms with van der Waals surface area (Å²) in [7, 11) is 0. The maximum Gasteiger partial charge on any atom is 0.306 e. The van der Waals surface area contributed by atoms with Crippen LogP contribution in [0.4, 0.5) is 0 Å². The Balaban J connectivity index is 1.75. The van der Waals surface area contributed by atoms with E-state index in [4.69, 9.17) is 9.84 Å². The Bertz CT molecular complexity index is 679. The summed E-state index contributed by atoms with van der Waals surface area (Å²) < 4.78 is 5.38. The van der Waals surface area contributed by atoms with Gasteiger partial charge in [-0.2, -0.15) is 0 Å². The van der Waals surface area contributed by atoms with Crippen molar-refractivity contribution in [1.82, 2.24) is 9.88 Å². The van der Waals surface area contributed by atoms with Crippen LogP contribution < -0.4 is 0 Å². The molecule has 0 unspecified atom stereocenters. The van der Waals surface area contributed by atoms with Crippen molar-refractivity contribution >= 4 is 22.8 Å². The number of carboxylic acids is 1. The Hall–Kier alpha value is -2.34. The lowest BCUT2D eigenvalue weighted by molar-refractivity contribution is -0.141. The van der Waals surface area contributed by atoms with E-state index >= 15 is 0 Å². The largest absolute Gasteiger partial charge is 0.481 e. The second-order valence-corrected chi connectivity index (χ2v) is 5.12. The van der Waals surface area contributed by atoms with E-state index in [0.717, 1.165) is 10.9 Å². The molecule has 0 bridgehead atoms. The highest BCUT2D eigenvalue weighted by molar-refractivity contribution is 5.98. The number of rotatable bonds is 3. The number of morpholine rings is 1. The number of hydrogen-bond acceptors (Lipinski definition) is 3. The van der Waals surface area contributed by atoms with Crippen molar-refractivity contribution in [3.05, 3.63) is 36.0 Å². The van der Waals surface area contributed by atoms with Crippen LogP contribution in [0.3, 0.4) is 0 Å². The minimum absolute atomic E-state index is 0.0827. The Morgan fingerprint density at radius 2 is 2.24 bits per heavy atom. The van der Waals surface area contributed by atoms with Crippen LogP contribution in [0.1, 0.15) is 16.8 Å². The number of ether oxygens (including phenoxy) is 1. The number of H-pyrrole nitrogens is 1. The molecule has 3 rings (SSSR count). The van der Waals surface area contributed by atoms with Gasteiger partial charge in [0.1, 0.15) is 0 Å². The molecule has 1 aliphatic rings. The zero-order valence-electron chi connectivity index (χ0n) is 11.4. The third kappa shape index (κ3) is 2.90. The summed E-state index contributed by atoms with van der Waals surface area (Å²) >= 11 is 0. The fourth-order valence-electron chi connectivity index (χ4n) is 2.59. The van der Waals surface area contributed by atoms with Gasteiger partial charge in [-0.15, -0.1) is 0 Å². The Labute approximate surface area is 121 Å². The number of nitrogens with one attached hydrogen (secondary N) is 1. The molecule has 1 fully saturated rings.